The van der Waals surface area contributed by atoms with Crippen molar-refractivity contribution in [2.75, 3.05) is 0 Å². The predicted molar refractivity (Wildman–Crippen MR) is 76.6 cm³/mol. The van der Waals surface area contributed by atoms with Gasteiger partial charge in [-0.15, -0.1) is 0 Å². The summed E-state index contributed by atoms with van der Waals surface area (Å²) in [6.07, 6.45) is 4.27. The van der Waals surface area contributed by atoms with Gasteiger partial charge >= 0.3 is 0 Å². The first-order valence-corrected chi connectivity index (χ1v) is 8.12. The largest absolute Gasteiger partial charge is 0.276 e. The number of nitrogens with zero attached hydrogens (tertiary/aromatic N) is 1. The van der Waals surface area contributed by atoms with Gasteiger partial charge in [-0.1, -0.05) is 31.0 Å². The molecule has 0 radical (unpaired) electrons. The van der Waals surface area contributed by atoms with E-state index in [1.54, 1.807) is 24.3 Å². The molecule has 1 aromatic carbocycles. The number of nitrogens with one attached hydrogen (secondary N) is 1. The number of benzene rings is 1. The quantitative estimate of drug-likeness (QED) is 0.865. The van der Waals surface area contributed by atoms with Crippen molar-refractivity contribution in [3.63, 3.8) is 0 Å². The monoisotopic (exact) mass is 280 g/mol. The van der Waals surface area contributed by atoms with Crippen LogP contribution in [-0.2, 0) is 10.0 Å². The van der Waals surface area contributed by atoms with Crippen LogP contribution in [0.1, 0.15) is 38.2 Å². The molecule has 1 aliphatic rings. The Bertz CT molecular complexity index is 562. The van der Waals surface area contributed by atoms with E-state index in [9.17, 15) is 8.42 Å². The van der Waals surface area contributed by atoms with Gasteiger partial charge in [-0.25, -0.2) is 4.83 Å². The minimum atomic E-state index is -3.54. The number of hydrogen-bond acceptors (Lipinski definition) is 3. The van der Waals surface area contributed by atoms with Crippen LogP contribution in [0.25, 0.3) is 0 Å². The zero-order valence-corrected chi connectivity index (χ0v) is 12.2. The van der Waals surface area contributed by atoms with Crippen molar-refractivity contribution < 1.29 is 8.42 Å². The smallest absolute Gasteiger partial charge is 0.200 e. The Morgan fingerprint density at radius 1 is 1.21 bits per heavy atom. The molecule has 0 heterocycles. The highest BCUT2D eigenvalue weighted by molar-refractivity contribution is 7.89. The molecule has 0 amide bonds. The van der Waals surface area contributed by atoms with Crippen molar-refractivity contribution in [1.82, 2.24) is 4.83 Å². The van der Waals surface area contributed by atoms with Gasteiger partial charge in [0.05, 0.1) is 4.90 Å². The van der Waals surface area contributed by atoms with Crippen molar-refractivity contribution in [3.8, 4) is 0 Å². The Balaban J connectivity index is 2.13. The molecule has 0 saturated heterocycles. The molecule has 5 heteroatoms. The molecule has 19 heavy (non-hydrogen) atoms. The number of hydrogen-bond donors (Lipinski definition) is 1. The van der Waals surface area contributed by atoms with E-state index in [-0.39, 0.29) is 4.90 Å². The third-order valence-corrected chi connectivity index (χ3v) is 4.75. The summed E-state index contributed by atoms with van der Waals surface area (Å²) in [4.78, 5) is 2.61. The second-order valence-electron chi connectivity index (χ2n) is 5.16. The van der Waals surface area contributed by atoms with Gasteiger partial charge in [0.2, 0.25) is 0 Å². The number of sulfonamides is 1. The zero-order chi connectivity index (χ0) is 13.9. The van der Waals surface area contributed by atoms with Crippen molar-refractivity contribution in [2.24, 2.45) is 11.0 Å². The van der Waals surface area contributed by atoms with Gasteiger partial charge in [-0.2, -0.15) is 13.5 Å². The lowest BCUT2D eigenvalue weighted by Gasteiger charge is -2.19. The minimum Gasteiger partial charge on any atom is -0.200 e. The molecule has 1 saturated carbocycles. The van der Waals surface area contributed by atoms with Crippen LogP contribution in [0, 0.1) is 12.8 Å². The second kappa shape index (κ2) is 5.74. The third-order valence-electron chi connectivity index (χ3n) is 3.53. The summed E-state index contributed by atoms with van der Waals surface area (Å²) in [5.74, 6) is 0.370. The van der Waals surface area contributed by atoms with E-state index in [1.807, 2.05) is 6.92 Å². The summed E-state index contributed by atoms with van der Waals surface area (Å²) in [7, 11) is -3.54. The third kappa shape index (κ3) is 3.56. The molecule has 0 aromatic heterocycles. The summed E-state index contributed by atoms with van der Waals surface area (Å²) < 4.78 is 24.1. The first-order chi connectivity index (χ1) is 8.99. The molecular formula is C14H20N2O2S. The highest BCUT2D eigenvalue weighted by Crippen LogP contribution is 2.21. The fourth-order valence-electron chi connectivity index (χ4n) is 2.22. The lowest BCUT2D eigenvalue weighted by molar-refractivity contribution is 0.552. The van der Waals surface area contributed by atoms with Gasteiger partial charge in [-0.3, -0.25) is 0 Å². The van der Waals surface area contributed by atoms with E-state index in [1.165, 1.54) is 6.42 Å². The Labute approximate surface area is 115 Å². The fraction of sp³-hybridized carbons (Fsp3) is 0.500. The van der Waals surface area contributed by atoms with Crippen LogP contribution in [0.4, 0.5) is 0 Å². The molecule has 0 unspecified atom stereocenters. The van der Waals surface area contributed by atoms with Crippen LogP contribution in [0.2, 0.25) is 0 Å². The van der Waals surface area contributed by atoms with Gasteiger partial charge in [0.15, 0.2) is 0 Å². The number of rotatable bonds is 3. The Kier molecular flexibility index (Phi) is 4.24. The SMILES string of the molecule is Cc1ccc(S(=O)(=O)N/N=C2/CCCC[C@H]2C)cc1. The molecular weight excluding hydrogens is 260 g/mol. The summed E-state index contributed by atoms with van der Waals surface area (Å²) in [6, 6.07) is 6.76. The van der Waals surface area contributed by atoms with Crippen molar-refractivity contribution in [2.45, 2.75) is 44.4 Å². The first-order valence-electron chi connectivity index (χ1n) is 6.64. The van der Waals surface area contributed by atoms with Gasteiger partial charge in [-0.05, 0) is 44.2 Å². The van der Waals surface area contributed by atoms with Crippen LogP contribution < -0.4 is 4.83 Å². The predicted octanol–water partition coefficient (Wildman–Crippen LogP) is 2.84. The zero-order valence-electron chi connectivity index (χ0n) is 11.4. The first kappa shape index (κ1) is 14.1. The molecule has 1 aromatic rings. The maximum absolute atomic E-state index is 12.1. The van der Waals surface area contributed by atoms with Crippen LogP contribution in [0.5, 0.6) is 0 Å². The number of aryl methyl sites for hydroxylation is 1. The van der Waals surface area contributed by atoms with Crippen molar-refractivity contribution in [1.29, 1.82) is 0 Å². The molecule has 4 nitrogen and oxygen atoms in total. The van der Waals surface area contributed by atoms with E-state index < -0.39 is 10.0 Å². The molecule has 0 aliphatic heterocycles. The summed E-state index contributed by atoms with van der Waals surface area (Å²) in [6.45, 7) is 4.02. The molecule has 1 aliphatic carbocycles. The van der Waals surface area contributed by atoms with E-state index >= 15 is 0 Å². The molecule has 2 rings (SSSR count). The van der Waals surface area contributed by atoms with E-state index in [2.05, 4.69) is 16.9 Å². The topological polar surface area (TPSA) is 58.5 Å². The Morgan fingerprint density at radius 3 is 2.53 bits per heavy atom. The van der Waals surface area contributed by atoms with Crippen molar-refractivity contribution >= 4 is 15.7 Å². The van der Waals surface area contributed by atoms with E-state index in [0.717, 1.165) is 30.5 Å². The maximum Gasteiger partial charge on any atom is 0.276 e. The maximum atomic E-state index is 12.1. The molecule has 1 N–H and O–H groups in total. The molecule has 0 bridgehead atoms. The standard InChI is InChI=1S/C14H20N2O2S/c1-11-7-9-13(10-8-11)19(17,18)16-15-14-6-4-3-5-12(14)2/h7-10,12,16H,3-6H2,1-2H3/b15-14-/t12-/m1/s1. The van der Waals surface area contributed by atoms with Gasteiger partial charge in [0.25, 0.3) is 10.0 Å². The van der Waals surface area contributed by atoms with Crippen LogP contribution in [0.15, 0.2) is 34.3 Å². The Hall–Kier alpha value is -1.36. The molecule has 1 fully saturated rings. The lowest BCUT2D eigenvalue weighted by atomic mass is 9.89. The van der Waals surface area contributed by atoms with Gasteiger partial charge < -0.3 is 0 Å². The molecule has 1 atom stereocenters. The lowest BCUT2D eigenvalue weighted by Crippen LogP contribution is -2.24. The van der Waals surface area contributed by atoms with Crippen molar-refractivity contribution in [3.05, 3.63) is 29.8 Å². The average Bonchev–Trinajstić information content (AvgIpc) is 2.38. The number of hydrazone groups is 1. The van der Waals surface area contributed by atoms with E-state index in [0.29, 0.717) is 5.92 Å². The second-order valence-corrected chi connectivity index (χ2v) is 6.82. The molecule has 0 spiro atoms. The summed E-state index contributed by atoms with van der Waals surface area (Å²) in [5, 5.41) is 4.11. The summed E-state index contributed by atoms with van der Waals surface area (Å²) >= 11 is 0. The van der Waals surface area contributed by atoms with Gasteiger partial charge in [0, 0.05) is 5.71 Å². The highest BCUT2D eigenvalue weighted by atomic mass is 32.2. The average molecular weight is 280 g/mol. The Morgan fingerprint density at radius 2 is 1.89 bits per heavy atom. The molecule has 104 valence electrons. The van der Waals surface area contributed by atoms with Crippen LogP contribution in [-0.4, -0.2) is 14.1 Å². The van der Waals surface area contributed by atoms with E-state index in [4.69, 9.17) is 0 Å². The van der Waals surface area contributed by atoms with Crippen LogP contribution >= 0.6 is 0 Å². The highest BCUT2D eigenvalue weighted by Gasteiger charge is 2.18. The summed E-state index contributed by atoms with van der Waals surface area (Å²) in [5.41, 5.74) is 1.99. The van der Waals surface area contributed by atoms with Crippen LogP contribution in [0.3, 0.4) is 0 Å². The van der Waals surface area contributed by atoms with Gasteiger partial charge in [0.1, 0.15) is 0 Å². The fourth-order valence-corrected chi connectivity index (χ4v) is 3.06. The normalized spacial score (nSPS) is 22.4. The minimum absolute atomic E-state index is 0.255.